The molecule has 1 saturated heterocycles. The zero-order valence-electron chi connectivity index (χ0n) is 19.0. The van der Waals surface area contributed by atoms with Gasteiger partial charge in [-0.1, -0.05) is 38.1 Å². The maximum absolute atomic E-state index is 13.3. The van der Waals surface area contributed by atoms with Gasteiger partial charge in [-0.05, 0) is 36.2 Å². The van der Waals surface area contributed by atoms with E-state index in [1.165, 1.54) is 6.08 Å². The Kier molecular flexibility index (Phi) is 4.53. The highest BCUT2D eigenvalue weighted by Crippen LogP contribution is 2.46. The van der Waals surface area contributed by atoms with Crippen molar-refractivity contribution in [3.05, 3.63) is 65.4 Å². The Hall–Kier alpha value is -3.81. The lowest BCUT2D eigenvalue weighted by Gasteiger charge is -2.24. The predicted octanol–water partition coefficient (Wildman–Crippen LogP) is 3.06. The quantitative estimate of drug-likeness (QED) is 0.573. The molecule has 3 aliphatic heterocycles. The summed E-state index contributed by atoms with van der Waals surface area (Å²) in [6, 6.07) is 12.5. The SMILES string of the molecule is CN1/C(=C/C(=O)CN2C(=O)NC(C)(c3ccc4c(c3)OCO4)C2=O)C(C)(C)c2ccccc21. The van der Waals surface area contributed by atoms with E-state index < -0.39 is 17.5 Å². The third-order valence-corrected chi connectivity index (χ3v) is 6.78. The fourth-order valence-electron chi connectivity index (χ4n) is 4.86. The second kappa shape index (κ2) is 7.10. The lowest BCUT2D eigenvalue weighted by atomic mass is 9.83. The molecule has 0 bridgehead atoms. The van der Waals surface area contributed by atoms with Gasteiger partial charge in [0.05, 0.1) is 6.54 Å². The number of urea groups is 1. The molecule has 33 heavy (non-hydrogen) atoms. The molecule has 0 radical (unpaired) electrons. The highest BCUT2D eigenvalue weighted by atomic mass is 16.7. The van der Waals surface area contributed by atoms with Crippen molar-refractivity contribution in [3.8, 4) is 11.5 Å². The maximum atomic E-state index is 13.3. The molecule has 8 nitrogen and oxygen atoms in total. The number of ether oxygens (including phenoxy) is 2. The Morgan fingerprint density at radius 3 is 2.58 bits per heavy atom. The molecule has 3 heterocycles. The first kappa shape index (κ1) is 21.1. The standard InChI is InChI=1S/C25H25N3O5/c1-24(2)17-7-5-6-8-18(17)27(4)21(24)12-16(29)13-28-22(30)25(3,26-23(28)31)15-9-10-19-20(11-15)33-14-32-19/h5-12H,13-14H2,1-4H3,(H,26,31)/b21-12+. The fraction of sp³-hybridized carbons (Fsp3) is 0.320. The van der Waals surface area contributed by atoms with Crippen LogP contribution in [0.1, 0.15) is 31.9 Å². The number of hydrogen-bond donors (Lipinski definition) is 1. The minimum atomic E-state index is -1.30. The van der Waals surface area contributed by atoms with E-state index in [4.69, 9.17) is 9.47 Å². The molecule has 8 heteroatoms. The van der Waals surface area contributed by atoms with Crippen molar-refractivity contribution >= 4 is 23.4 Å². The average molecular weight is 447 g/mol. The van der Waals surface area contributed by atoms with Gasteiger partial charge in [-0.15, -0.1) is 0 Å². The minimum absolute atomic E-state index is 0.111. The Balaban J connectivity index is 1.38. The number of nitrogens with zero attached hydrogens (tertiary/aromatic N) is 2. The van der Waals surface area contributed by atoms with E-state index in [-0.39, 0.29) is 24.5 Å². The molecular formula is C25H25N3O5. The first-order valence-electron chi connectivity index (χ1n) is 10.8. The molecular weight excluding hydrogens is 422 g/mol. The van der Waals surface area contributed by atoms with Gasteiger partial charge in [0.25, 0.3) is 5.91 Å². The highest BCUT2D eigenvalue weighted by Gasteiger charge is 2.50. The number of amides is 3. The van der Waals surface area contributed by atoms with Crippen LogP contribution < -0.4 is 19.7 Å². The molecule has 1 unspecified atom stereocenters. The molecule has 0 spiro atoms. The number of benzene rings is 2. The zero-order valence-corrected chi connectivity index (χ0v) is 19.0. The number of allylic oxidation sites excluding steroid dienone is 1. The molecule has 0 aliphatic carbocycles. The van der Waals surface area contributed by atoms with E-state index in [9.17, 15) is 14.4 Å². The van der Waals surface area contributed by atoms with Gasteiger partial charge in [0.15, 0.2) is 17.3 Å². The molecule has 2 aromatic carbocycles. The summed E-state index contributed by atoms with van der Waals surface area (Å²) >= 11 is 0. The topological polar surface area (TPSA) is 88.2 Å². The zero-order chi connectivity index (χ0) is 23.5. The van der Waals surface area contributed by atoms with Crippen LogP contribution in [0.4, 0.5) is 10.5 Å². The predicted molar refractivity (Wildman–Crippen MR) is 121 cm³/mol. The number of fused-ring (bicyclic) bond motifs is 2. The van der Waals surface area contributed by atoms with Crippen LogP contribution in [0, 0.1) is 0 Å². The number of anilines is 1. The van der Waals surface area contributed by atoms with Crippen molar-refractivity contribution in [1.82, 2.24) is 10.2 Å². The summed E-state index contributed by atoms with van der Waals surface area (Å²) in [5.74, 6) is 0.291. The number of ketones is 1. The van der Waals surface area contributed by atoms with Crippen LogP contribution in [0.5, 0.6) is 11.5 Å². The maximum Gasteiger partial charge on any atom is 0.325 e. The summed E-state index contributed by atoms with van der Waals surface area (Å²) in [5.41, 5.74) is 1.86. The van der Waals surface area contributed by atoms with E-state index in [0.29, 0.717) is 17.1 Å². The van der Waals surface area contributed by atoms with Gasteiger partial charge in [0.2, 0.25) is 6.79 Å². The molecule has 170 valence electrons. The summed E-state index contributed by atoms with van der Waals surface area (Å²) in [6.45, 7) is 5.50. The molecule has 3 amide bonds. The number of para-hydroxylation sites is 1. The van der Waals surface area contributed by atoms with Crippen LogP contribution in [-0.4, -0.2) is 43.0 Å². The first-order chi connectivity index (χ1) is 15.6. The third-order valence-electron chi connectivity index (χ3n) is 6.78. The minimum Gasteiger partial charge on any atom is -0.454 e. The normalized spacial score (nSPS) is 23.8. The lowest BCUT2D eigenvalue weighted by Crippen LogP contribution is -2.41. The van der Waals surface area contributed by atoms with E-state index in [1.54, 1.807) is 25.1 Å². The molecule has 0 saturated carbocycles. The Morgan fingerprint density at radius 1 is 1.09 bits per heavy atom. The lowest BCUT2D eigenvalue weighted by molar-refractivity contribution is -0.133. The third kappa shape index (κ3) is 3.08. The van der Waals surface area contributed by atoms with Crippen LogP contribution in [0.2, 0.25) is 0 Å². The summed E-state index contributed by atoms with van der Waals surface area (Å²) in [6.07, 6.45) is 1.54. The highest BCUT2D eigenvalue weighted by molar-refractivity contribution is 6.10. The van der Waals surface area contributed by atoms with Crippen molar-refractivity contribution in [2.24, 2.45) is 0 Å². The smallest absolute Gasteiger partial charge is 0.325 e. The molecule has 0 aromatic heterocycles. The Bertz CT molecular complexity index is 1230. The van der Waals surface area contributed by atoms with Crippen molar-refractivity contribution in [1.29, 1.82) is 0 Å². The number of rotatable bonds is 4. The second-order valence-corrected chi connectivity index (χ2v) is 9.21. The molecule has 2 aromatic rings. The number of carbonyl (C=O) groups is 3. The van der Waals surface area contributed by atoms with Crippen molar-refractivity contribution in [3.63, 3.8) is 0 Å². The molecule has 3 aliphatic rings. The largest absolute Gasteiger partial charge is 0.454 e. The molecule has 5 rings (SSSR count). The van der Waals surface area contributed by atoms with Gasteiger partial charge in [0.1, 0.15) is 5.54 Å². The van der Waals surface area contributed by atoms with Gasteiger partial charge in [-0.3, -0.25) is 14.5 Å². The summed E-state index contributed by atoms with van der Waals surface area (Å²) in [5, 5.41) is 2.73. The van der Waals surface area contributed by atoms with E-state index in [1.807, 2.05) is 36.2 Å². The number of carbonyl (C=O) groups excluding carboxylic acids is 3. The van der Waals surface area contributed by atoms with Crippen LogP contribution in [0.3, 0.4) is 0 Å². The molecule has 1 atom stereocenters. The van der Waals surface area contributed by atoms with Gasteiger partial charge < -0.3 is 19.7 Å². The van der Waals surface area contributed by atoms with E-state index >= 15 is 0 Å². The molecule has 1 N–H and O–H groups in total. The van der Waals surface area contributed by atoms with Crippen LogP contribution in [0.25, 0.3) is 0 Å². The van der Waals surface area contributed by atoms with Crippen LogP contribution in [-0.2, 0) is 20.5 Å². The van der Waals surface area contributed by atoms with Gasteiger partial charge >= 0.3 is 6.03 Å². The van der Waals surface area contributed by atoms with Crippen molar-refractivity contribution < 1.29 is 23.9 Å². The summed E-state index contributed by atoms with van der Waals surface area (Å²) in [7, 11) is 1.91. The Morgan fingerprint density at radius 2 is 1.82 bits per heavy atom. The summed E-state index contributed by atoms with van der Waals surface area (Å²) < 4.78 is 10.7. The monoisotopic (exact) mass is 447 g/mol. The van der Waals surface area contributed by atoms with Gasteiger partial charge in [-0.2, -0.15) is 0 Å². The van der Waals surface area contributed by atoms with Gasteiger partial charge in [0, 0.05) is 29.9 Å². The van der Waals surface area contributed by atoms with Crippen molar-refractivity contribution in [2.75, 3.05) is 25.3 Å². The number of imide groups is 1. The summed E-state index contributed by atoms with van der Waals surface area (Å²) in [4.78, 5) is 41.9. The first-order valence-corrected chi connectivity index (χ1v) is 10.8. The second-order valence-electron chi connectivity index (χ2n) is 9.21. The number of nitrogens with one attached hydrogen (secondary N) is 1. The number of likely N-dealkylation sites (N-methyl/N-ethyl adjacent to an activating group) is 1. The fourth-order valence-corrected chi connectivity index (χ4v) is 4.86. The average Bonchev–Trinajstić information content (AvgIpc) is 3.40. The van der Waals surface area contributed by atoms with Gasteiger partial charge in [-0.25, -0.2) is 4.79 Å². The van der Waals surface area contributed by atoms with E-state index in [0.717, 1.165) is 21.8 Å². The molecule has 1 fully saturated rings. The van der Waals surface area contributed by atoms with E-state index in [2.05, 4.69) is 19.2 Å². The van der Waals surface area contributed by atoms with Crippen molar-refractivity contribution in [2.45, 2.75) is 31.7 Å². The van der Waals surface area contributed by atoms with Crippen LogP contribution in [0.15, 0.2) is 54.2 Å². The Labute approximate surface area is 191 Å². The number of hydrogen-bond acceptors (Lipinski definition) is 6. The van der Waals surface area contributed by atoms with Crippen LogP contribution >= 0.6 is 0 Å².